The Balaban J connectivity index is 1.94. The number of anilines is 1. The van der Waals surface area contributed by atoms with Crippen LogP contribution in [0, 0.1) is 0 Å². The van der Waals surface area contributed by atoms with E-state index in [1.165, 1.54) is 25.7 Å². The second-order valence-electron chi connectivity index (χ2n) is 6.27. The predicted octanol–water partition coefficient (Wildman–Crippen LogP) is 2.55. The molecule has 2 rings (SSSR count). The maximum atomic E-state index is 5.45. The van der Waals surface area contributed by atoms with E-state index in [1.54, 1.807) is 0 Å². The molecule has 0 atom stereocenters. The first-order chi connectivity index (χ1) is 12.3. The molecule has 0 saturated carbocycles. The van der Waals surface area contributed by atoms with Crippen molar-refractivity contribution in [1.29, 1.82) is 0 Å². The summed E-state index contributed by atoms with van der Waals surface area (Å²) >= 11 is 0. The van der Waals surface area contributed by atoms with Crippen LogP contribution in [0.25, 0.3) is 0 Å². The van der Waals surface area contributed by atoms with Gasteiger partial charge in [-0.05, 0) is 19.4 Å². The van der Waals surface area contributed by atoms with Gasteiger partial charge in [-0.1, -0.05) is 32.3 Å². The monoisotopic (exact) mass is 347 g/mol. The number of rotatable bonds is 9. The van der Waals surface area contributed by atoms with Crippen LogP contribution in [-0.2, 0) is 11.3 Å². The number of aliphatic imine (C=N–C) groups is 1. The van der Waals surface area contributed by atoms with Gasteiger partial charge < -0.3 is 20.3 Å². The lowest BCUT2D eigenvalue weighted by Crippen LogP contribution is -2.38. The number of morpholine rings is 1. The van der Waals surface area contributed by atoms with E-state index >= 15 is 0 Å². The summed E-state index contributed by atoms with van der Waals surface area (Å²) in [5, 5.41) is 6.76. The molecule has 2 N–H and O–H groups in total. The molecule has 140 valence electrons. The Morgan fingerprint density at radius 2 is 2.04 bits per heavy atom. The summed E-state index contributed by atoms with van der Waals surface area (Å²) in [6, 6.07) is 4.10. The van der Waals surface area contributed by atoms with Gasteiger partial charge in [-0.25, -0.2) is 9.98 Å². The Morgan fingerprint density at radius 1 is 1.20 bits per heavy atom. The molecule has 2 heterocycles. The van der Waals surface area contributed by atoms with Crippen LogP contribution in [0.3, 0.4) is 0 Å². The molecule has 0 spiro atoms. The van der Waals surface area contributed by atoms with Crippen LogP contribution >= 0.6 is 0 Å². The lowest BCUT2D eigenvalue weighted by Gasteiger charge is -2.29. The van der Waals surface area contributed by atoms with Crippen LogP contribution in [0.5, 0.6) is 0 Å². The molecule has 0 amide bonds. The van der Waals surface area contributed by atoms with E-state index in [-0.39, 0.29) is 0 Å². The number of guanidine groups is 1. The number of hydrogen-bond acceptors (Lipinski definition) is 4. The number of nitrogens with one attached hydrogen (secondary N) is 2. The molecule has 6 nitrogen and oxygen atoms in total. The second kappa shape index (κ2) is 11.7. The van der Waals surface area contributed by atoms with Gasteiger partial charge in [-0.2, -0.15) is 0 Å². The van der Waals surface area contributed by atoms with E-state index in [1.807, 2.05) is 12.3 Å². The molecule has 1 aliphatic heterocycles. The molecule has 1 aromatic rings. The topological polar surface area (TPSA) is 61.8 Å². The van der Waals surface area contributed by atoms with E-state index < -0.39 is 0 Å². The minimum absolute atomic E-state index is 0.630. The van der Waals surface area contributed by atoms with Crippen molar-refractivity contribution in [2.24, 2.45) is 4.99 Å². The number of hydrogen-bond donors (Lipinski definition) is 2. The van der Waals surface area contributed by atoms with E-state index in [0.717, 1.165) is 56.7 Å². The van der Waals surface area contributed by atoms with Gasteiger partial charge in [0.2, 0.25) is 0 Å². The Morgan fingerprint density at radius 3 is 2.80 bits per heavy atom. The van der Waals surface area contributed by atoms with Gasteiger partial charge in [0.25, 0.3) is 0 Å². The summed E-state index contributed by atoms with van der Waals surface area (Å²) < 4.78 is 5.45. The molecule has 0 unspecified atom stereocenters. The molecule has 0 aliphatic carbocycles. The van der Waals surface area contributed by atoms with E-state index in [4.69, 9.17) is 9.73 Å². The van der Waals surface area contributed by atoms with E-state index in [2.05, 4.69) is 40.4 Å². The quantitative estimate of drug-likeness (QED) is 0.408. The van der Waals surface area contributed by atoms with Crippen LogP contribution in [0.1, 0.15) is 45.1 Å². The van der Waals surface area contributed by atoms with E-state index in [9.17, 15) is 0 Å². The Kier molecular flexibility index (Phi) is 9.12. The van der Waals surface area contributed by atoms with Crippen molar-refractivity contribution in [2.75, 3.05) is 44.3 Å². The Labute approximate surface area is 152 Å². The lowest BCUT2D eigenvalue weighted by molar-refractivity contribution is 0.122. The molecule has 1 aromatic heterocycles. The molecule has 0 radical (unpaired) electrons. The first-order valence-corrected chi connectivity index (χ1v) is 9.64. The average Bonchev–Trinajstić information content (AvgIpc) is 2.67. The van der Waals surface area contributed by atoms with Gasteiger partial charge in [-0.3, -0.25) is 0 Å². The molecule has 1 saturated heterocycles. The van der Waals surface area contributed by atoms with Crippen molar-refractivity contribution in [2.45, 2.75) is 46.1 Å². The van der Waals surface area contributed by atoms with Crippen LogP contribution in [-0.4, -0.2) is 50.3 Å². The molecular formula is C19H33N5O. The molecule has 1 aliphatic rings. The fourth-order valence-corrected chi connectivity index (χ4v) is 2.88. The summed E-state index contributed by atoms with van der Waals surface area (Å²) in [6.07, 6.45) is 6.87. The summed E-state index contributed by atoms with van der Waals surface area (Å²) in [5.41, 5.74) is 1.16. The highest BCUT2D eigenvalue weighted by molar-refractivity contribution is 5.79. The fraction of sp³-hybridized carbons (Fsp3) is 0.684. The Bertz CT molecular complexity index is 514. The second-order valence-corrected chi connectivity index (χ2v) is 6.27. The van der Waals surface area contributed by atoms with Crippen LogP contribution < -0.4 is 15.5 Å². The van der Waals surface area contributed by atoms with Gasteiger partial charge in [0, 0.05) is 37.9 Å². The van der Waals surface area contributed by atoms with Crippen molar-refractivity contribution in [3.05, 3.63) is 23.9 Å². The van der Waals surface area contributed by atoms with Crippen molar-refractivity contribution in [3.8, 4) is 0 Å². The van der Waals surface area contributed by atoms with Gasteiger partial charge in [0.1, 0.15) is 5.82 Å². The fourth-order valence-electron chi connectivity index (χ4n) is 2.88. The summed E-state index contributed by atoms with van der Waals surface area (Å²) in [4.78, 5) is 11.6. The standard InChI is InChI=1S/C19H33N5O/c1-3-5-6-7-10-22-19(20-4-2)23-16-17-9-8-11-21-18(17)24-12-14-25-15-13-24/h8-9,11H,3-7,10,12-16H2,1-2H3,(H2,20,22,23). The Hall–Kier alpha value is -1.82. The van der Waals surface area contributed by atoms with Gasteiger partial charge in [0.05, 0.1) is 19.8 Å². The van der Waals surface area contributed by atoms with Crippen molar-refractivity contribution >= 4 is 11.8 Å². The first kappa shape index (κ1) is 19.5. The third kappa shape index (κ3) is 6.90. The number of aromatic nitrogens is 1. The van der Waals surface area contributed by atoms with Crippen LogP contribution in [0.15, 0.2) is 23.3 Å². The molecule has 25 heavy (non-hydrogen) atoms. The predicted molar refractivity (Wildman–Crippen MR) is 104 cm³/mol. The average molecular weight is 348 g/mol. The molecule has 6 heteroatoms. The van der Waals surface area contributed by atoms with Crippen molar-refractivity contribution < 1.29 is 4.74 Å². The van der Waals surface area contributed by atoms with E-state index in [0.29, 0.717) is 6.54 Å². The number of nitrogens with zero attached hydrogens (tertiary/aromatic N) is 3. The van der Waals surface area contributed by atoms with Gasteiger partial charge in [-0.15, -0.1) is 0 Å². The molecule has 1 fully saturated rings. The third-order valence-corrected chi connectivity index (χ3v) is 4.25. The normalized spacial score (nSPS) is 15.3. The van der Waals surface area contributed by atoms with Crippen molar-refractivity contribution in [3.63, 3.8) is 0 Å². The molecule has 0 aromatic carbocycles. The summed E-state index contributed by atoms with van der Waals surface area (Å²) in [7, 11) is 0. The zero-order chi connectivity index (χ0) is 17.7. The van der Waals surface area contributed by atoms with Crippen molar-refractivity contribution in [1.82, 2.24) is 15.6 Å². The maximum absolute atomic E-state index is 5.45. The SMILES string of the molecule is CCCCCCNC(=NCc1cccnc1N1CCOCC1)NCC. The third-order valence-electron chi connectivity index (χ3n) is 4.25. The summed E-state index contributed by atoms with van der Waals surface area (Å²) in [6.45, 7) is 10.1. The molecular weight excluding hydrogens is 314 g/mol. The zero-order valence-electron chi connectivity index (χ0n) is 15.8. The highest BCUT2D eigenvalue weighted by Gasteiger charge is 2.15. The van der Waals surface area contributed by atoms with Gasteiger partial charge in [0.15, 0.2) is 5.96 Å². The summed E-state index contributed by atoms with van der Waals surface area (Å²) in [5.74, 6) is 1.92. The number of pyridine rings is 1. The lowest BCUT2D eigenvalue weighted by atomic mass is 10.2. The minimum atomic E-state index is 0.630. The van der Waals surface area contributed by atoms with Gasteiger partial charge >= 0.3 is 0 Å². The van der Waals surface area contributed by atoms with Crippen LogP contribution in [0.4, 0.5) is 5.82 Å². The highest BCUT2D eigenvalue weighted by Crippen LogP contribution is 2.19. The number of unbranched alkanes of at least 4 members (excludes halogenated alkanes) is 3. The first-order valence-electron chi connectivity index (χ1n) is 9.64. The van der Waals surface area contributed by atoms with Crippen LogP contribution in [0.2, 0.25) is 0 Å². The minimum Gasteiger partial charge on any atom is -0.378 e. The zero-order valence-corrected chi connectivity index (χ0v) is 15.8. The highest BCUT2D eigenvalue weighted by atomic mass is 16.5. The molecule has 0 bridgehead atoms. The largest absolute Gasteiger partial charge is 0.378 e. The smallest absolute Gasteiger partial charge is 0.191 e. The number of ether oxygens (including phenoxy) is 1. The maximum Gasteiger partial charge on any atom is 0.191 e.